The minimum atomic E-state index is 0.0871. The fourth-order valence-electron chi connectivity index (χ4n) is 5.60. The molecule has 5 rings (SSSR count). The summed E-state index contributed by atoms with van der Waals surface area (Å²) in [5, 5.41) is 20.4. The quantitative estimate of drug-likeness (QED) is 0.667. The van der Waals surface area contributed by atoms with E-state index in [9.17, 15) is 10.4 Å². The van der Waals surface area contributed by atoms with Gasteiger partial charge in [0.1, 0.15) is 0 Å². The highest BCUT2D eigenvalue weighted by molar-refractivity contribution is 5.98. The molecule has 2 aromatic heterocycles. The molecule has 1 aromatic carbocycles. The van der Waals surface area contributed by atoms with Crippen LogP contribution in [0.1, 0.15) is 50.7 Å². The number of aromatic nitrogens is 2. The Morgan fingerprint density at radius 2 is 2.07 bits per heavy atom. The average molecular weight is 386 g/mol. The standard InChI is InChI=1S/C24H26N4O/c1-23-8-3-9-24(23,2)28(11-10-23)15-17-5-7-20(26-14-17)21-18-12-16(13-25)4-6-19(18)27-22(21)29/h4-7,12,14,27,29H,3,8-11,15H2,1-2H3/t23-,24-/m0/s1. The molecule has 2 N–H and O–H groups in total. The maximum Gasteiger partial charge on any atom is 0.199 e. The van der Waals surface area contributed by atoms with Gasteiger partial charge in [-0.05, 0) is 68.0 Å². The fraction of sp³-hybridized carbons (Fsp3) is 0.417. The number of hydrogen-bond donors (Lipinski definition) is 2. The molecule has 1 aliphatic carbocycles. The van der Waals surface area contributed by atoms with Gasteiger partial charge in [0, 0.05) is 29.2 Å². The molecule has 2 aliphatic rings. The zero-order chi connectivity index (χ0) is 20.2. The van der Waals surface area contributed by atoms with Crippen LogP contribution in [-0.2, 0) is 6.54 Å². The summed E-state index contributed by atoms with van der Waals surface area (Å²) in [4.78, 5) is 10.3. The van der Waals surface area contributed by atoms with E-state index >= 15 is 0 Å². The second-order valence-electron chi connectivity index (χ2n) is 9.13. The molecule has 2 atom stereocenters. The summed E-state index contributed by atoms with van der Waals surface area (Å²) in [6, 6.07) is 11.6. The van der Waals surface area contributed by atoms with E-state index in [0.717, 1.165) is 24.0 Å². The molecule has 29 heavy (non-hydrogen) atoms. The van der Waals surface area contributed by atoms with E-state index in [2.05, 4.69) is 40.9 Å². The summed E-state index contributed by atoms with van der Waals surface area (Å²) in [6.45, 7) is 6.95. The number of fused-ring (bicyclic) bond motifs is 2. The van der Waals surface area contributed by atoms with Gasteiger partial charge < -0.3 is 10.1 Å². The van der Waals surface area contributed by atoms with E-state index < -0.39 is 0 Å². The highest BCUT2D eigenvalue weighted by atomic mass is 16.3. The molecule has 148 valence electrons. The summed E-state index contributed by atoms with van der Waals surface area (Å²) < 4.78 is 0. The molecule has 5 nitrogen and oxygen atoms in total. The van der Waals surface area contributed by atoms with Crippen LogP contribution >= 0.6 is 0 Å². The lowest BCUT2D eigenvalue weighted by molar-refractivity contribution is 0.0842. The van der Waals surface area contributed by atoms with Crippen molar-refractivity contribution < 1.29 is 5.11 Å². The van der Waals surface area contributed by atoms with E-state index in [1.165, 1.54) is 31.2 Å². The smallest absolute Gasteiger partial charge is 0.199 e. The molecule has 0 bridgehead atoms. The Kier molecular flexibility index (Phi) is 3.97. The molecule has 0 unspecified atom stereocenters. The summed E-state index contributed by atoms with van der Waals surface area (Å²) in [5.74, 6) is 0.0871. The first-order chi connectivity index (χ1) is 13.9. The lowest BCUT2D eigenvalue weighted by Gasteiger charge is -2.41. The summed E-state index contributed by atoms with van der Waals surface area (Å²) in [7, 11) is 0. The van der Waals surface area contributed by atoms with Gasteiger partial charge in [-0.2, -0.15) is 5.26 Å². The van der Waals surface area contributed by atoms with Crippen LogP contribution in [0.3, 0.4) is 0 Å². The van der Waals surface area contributed by atoms with Gasteiger partial charge in [0.05, 0.1) is 22.9 Å². The number of hydrogen-bond acceptors (Lipinski definition) is 4. The average Bonchev–Trinajstić information content (AvgIpc) is 3.28. The summed E-state index contributed by atoms with van der Waals surface area (Å²) >= 11 is 0. The predicted molar refractivity (Wildman–Crippen MR) is 113 cm³/mol. The molecule has 0 amide bonds. The van der Waals surface area contributed by atoms with Crippen LogP contribution in [0.25, 0.3) is 22.2 Å². The van der Waals surface area contributed by atoms with Crippen LogP contribution < -0.4 is 0 Å². The maximum atomic E-state index is 10.4. The Labute approximate surface area is 171 Å². The van der Waals surface area contributed by atoms with Gasteiger partial charge in [-0.3, -0.25) is 9.88 Å². The van der Waals surface area contributed by atoms with Crippen molar-refractivity contribution in [2.75, 3.05) is 6.54 Å². The Hall–Kier alpha value is -2.84. The second kappa shape index (κ2) is 6.33. The predicted octanol–water partition coefficient (Wildman–Crippen LogP) is 4.96. The van der Waals surface area contributed by atoms with E-state index in [4.69, 9.17) is 0 Å². The van der Waals surface area contributed by atoms with Crippen molar-refractivity contribution >= 4 is 10.9 Å². The van der Waals surface area contributed by atoms with Crippen molar-refractivity contribution in [3.63, 3.8) is 0 Å². The van der Waals surface area contributed by atoms with Crippen molar-refractivity contribution in [1.29, 1.82) is 5.26 Å². The van der Waals surface area contributed by atoms with Gasteiger partial charge in [0.2, 0.25) is 0 Å². The van der Waals surface area contributed by atoms with Gasteiger partial charge in [0.15, 0.2) is 5.88 Å². The number of rotatable bonds is 3. The number of H-pyrrole nitrogens is 1. The molecular weight excluding hydrogens is 360 g/mol. The van der Waals surface area contributed by atoms with Crippen molar-refractivity contribution in [3.8, 4) is 23.2 Å². The molecule has 1 saturated carbocycles. The fourth-order valence-corrected chi connectivity index (χ4v) is 5.60. The Balaban J connectivity index is 1.44. The van der Waals surface area contributed by atoms with E-state index in [0.29, 0.717) is 22.2 Å². The molecule has 0 spiro atoms. The van der Waals surface area contributed by atoms with Crippen LogP contribution in [0.5, 0.6) is 5.88 Å². The molecule has 1 aliphatic heterocycles. The molecule has 2 fully saturated rings. The Morgan fingerprint density at radius 1 is 1.21 bits per heavy atom. The highest BCUT2D eigenvalue weighted by Gasteiger charge is 2.55. The third-order valence-corrected chi connectivity index (χ3v) is 7.69. The number of aromatic hydroxyl groups is 1. The number of aromatic amines is 1. The largest absolute Gasteiger partial charge is 0.494 e. The highest BCUT2D eigenvalue weighted by Crippen LogP contribution is 2.56. The first kappa shape index (κ1) is 18.2. The van der Waals surface area contributed by atoms with Crippen molar-refractivity contribution in [1.82, 2.24) is 14.9 Å². The van der Waals surface area contributed by atoms with Gasteiger partial charge in [-0.25, -0.2) is 0 Å². The zero-order valence-electron chi connectivity index (χ0n) is 17.0. The summed E-state index contributed by atoms with van der Waals surface area (Å²) in [5.41, 5.74) is 4.65. The number of benzene rings is 1. The van der Waals surface area contributed by atoms with Gasteiger partial charge >= 0.3 is 0 Å². The monoisotopic (exact) mass is 386 g/mol. The van der Waals surface area contributed by atoms with Crippen LogP contribution in [0.15, 0.2) is 36.5 Å². The SMILES string of the molecule is C[C@@]12CCC[C@]1(C)N(Cc1ccc(-c3c(O)[nH]c4ccc(C#N)cc34)nc1)CC2. The topological polar surface area (TPSA) is 75.9 Å². The number of likely N-dealkylation sites (tertiary alicyclic amines) is 1. The van der Waals surface area contributed by atoms with Crippen molar-refractivity contribution in [2.24, 2.45) is 5.41 Å². The first-order valence-corrected chi connectivity index (χ1v) is 10.4. The first-order valence-electron chi connectivity index (χ1n) is 10.4. The Bertz CT molecular complexity index is 1130. The minimum absolute atomic E-state index is 0.0871. The van der Waals surface area contributed by atoms with E-state index in [-0.39, 0.29) is 11.4 Å². The number of nitrogens with zero attached hydrogens (tertiary/aromatic N) is 3. The zero-order valence-corrected chi connectivity index (χ0v) is 17.0. The molecule has 1 saturated heterocycles. The van der Waals surface area contributed by atoms with Crippen LogP contribution in [0.4, 0.5) is 0 Å². The van der Waals surface area contributed by atoms with E-state index in [1.54, 1.807) is 12.1 Å². The molecule has 3 aromatic rings. The molecule has 3 heterocycles. The molecular formula is C24H26N4O. The van der Waals surface area contributed by atoms with Crippen LogP contribution in [0.2, 0.25) is 0 Å². The normalized spacial score (nSPS) is 26.7. The van der Waals surface area contributed by atoms with Crippen LogP contribution in [-0.4, -0.2) is 32.1 Å². The minimum Gasteiger partial charge on any atom is -0.494 e. The lowest BCUT2D eigenvalue weighted by atomic mass is 9.75. The van der Waals surface area contributed by atoms with E-state index in [1.807, 2.05) is 18.3 Å². The van der Waals surface area contributed by atoms with Crippen molar-refractivity contribution in [3.05, 3.63) is 47.7 Å². The van der Waals surface area contributed by atoms with Gasteiger partial charge in [0.25, 0.3) is 0 Å². The molecule has 5 heteroatoms. The third kappa shape index (κ3) is 2.67. The Morgan fingerprint density at radius 3 is 2.83 bits per heavy atom. The van der Waals surface area contributed by atoms with Crippen LogP contribution in [0, 0.1) is 16.7 Å². The lowest BCUT2D eigenvalue weighted by Crippen LogP contribution is -2.46. The number of pyridine rings is 1. The van der Waals surface area contributed by atoms with Gasteiger partial charge in [-0.15, -0.1) is 0 Å². The molecule has 0 radical (unpaired) electrons. The third-order valence-electron chi connectivity index (χ3n) is 7.69. The maximum absolute atomic E-state index is 10.4. The number of nitrogens with one attached hydrogen (secondary N) is 1. The second-order valence-corrected chi connectivity index (χ2v) is 9.13. The number of nitriles is 1. The summed E-state index contributed by atoms with van der Waals surface area (Å²) in [6.07, 6.45) is 7.14. The van der Waals surface area contributed by atoms with Gasteiger partial charge in [-0.1, -0.05) is 19.4 Å². The van der Waals surface area contributed by atoms with Crippen molar-refractivity contribution in [2.45, 2.75) is 51.6 Å².